The molecule has 16 heavy (non-hydrogen) atoms. The third-order valence-electron chi connectivity index (χ3n) is 6.53. The molecule has 3 nitrogen and oxygen atoms in total. The van der Waals surface area contributed by atoms with Crippen molar-refractivity contribution in [2.75, 3.05) is 0 Å². The Labute approximate surface area is 96.4 Å². The molecule has 9 atom stereocenters. The molecule has 4 saturated carbocycles. The van der Waals surface area contributed by atoms with Crippen LogP contribution in [0.4, 0.5) is 0 Å². The van der Waals surface area contributed by atoms with Crippen LogP contribution in [0.25, 0.3) is 0 Å². The molecule has 4 fully saturated rings. The molecule has 4 aliphatic carbocycles. The molecular formula is C13H21NO2. The first-order valence-electron chi connectivity index (χ1n) is 6.91. The fourth-order valence-corrected chi connectivity index (χ4v) is 6.09. The van der Waals surface area contributed by atoms with Gasteiger partial charge in [0.05, 0.1) is 0 Å². The molecule has 0 aromatic carbocycles. The van der Waals surface area contributed by atoms with E-state index in [0.717, 1.165) is 41.9 Å². The van der Waals surface area contributed by atoms with Crippen molar-refractivity contribution in [1.29, 1.82) is 0 Å². The van der Waals surface area contributed by atoms with Crippen molar-refractivity contribution >= 4 is 0 Å². The number of fused-ring (bicyclic) bond motifs is 3. The zero-order valence-corrected chi connectivity index (χ0v) is 9.80. The maximum absolute atomic E-state index is 11.4. The van der Waals surface area contributed by atoms with Crippen molar-refractivity contribution in [3.8, 4) is 0 Å². The minimum absolute atomic E-state index is 0.00977. The second kappa shape index (κ2) is 3.01. The molecule has 90 valence electrons. The lowest BCUT2D eigenvalue weighted by Gasteiger charge is -2.49. The molecule has 4 bridgehead atoms. The maximum Gasteiger partial charge on any atom is 0.120 e. The summed E-state index contributed by atoms with van der Waals surface area (Å²) in [4.78, 5) is 0. The Morgan fingerprint density at radius 1 is 1.00 bits per heavy atom. The van der Waals surface area contributed by atoms with Gasteiger partial charge in [-0.2, -0.15) is 0 Å². The van der Waals surface area contributed by atoms with Gasteiger partial charge < -0.3 is 5.21 Å². The van der Waals surface area contributed by atoms with E-state index in [4.69, 9.17) is 0 Å². The van der Waals surface area contributed by atoms with E-state index in [2.05, 4.69) is 6.92 Å². The first-order chi connectivity index (χ1) is 7.68. The Morgan fingerprint density at radius 2 is 1.62 bits per heavy atom. The van der Waals surface area contributed by atoms with E-state index in [1.165, 1.54) is 19.3 Å². The Balaban J connectivity index is 1.74. The predicted octanol–water partition coefficient (Wildman–Crippen LogP) is 1.07. The number of hydrogen-bond acceptors (Lipinski definition) is 2. The molecule has 2 N–H and O–H groups in total. The van der Waals surface area contributed by atoms with Crippen molar-refractivity contribution in [1.82, 2.24) is 0 Å². The summed E-state index contributed by atoms with van der Waals surface area (Å²) in [6.07, 6.45) is 5.13. The van der Waals surface area contributed by atoms with E-state index in [9.17, 15) is 10.4 Å². The van der Waals surface area contributed by atoms with Gasteiger partial charge in [0.25, 0.3) is 0 Å². The molecule has 4 aliphatic rings. The van der Waals surface area contributed by atoms with E-state index in [-0.39, 0.29) is 6.04 Å². The molecule has 0 aliphatic heterocycles. The van der Waals surface area contributed by atoms with Gasteiger partial charge in [-0.25, -0.2) is 10.4 Å². The summed E-state index contributed by atoms with van der Waals surface area (Å²) in [6.45, 7) is 2.37. The first-order valence-corrected chi connectivity index (χ1v) is 6.91. The van der Waals surface area contributed by atoms with Crippen molar-refractivity contribution in [2.45, 2.75) is 38.6 Å². The number of hydroxylamine groups is 2. The van der Waals surface area contributed by atoms with Gasteiger partial charge in [0.2, 0.25) is 0 Å². The summed E-state index contributed by atoms with van der Waals surface area (Å²) < 4.78 is 0. The SMILES string of the molecule is CC1CC2C3CCC3C3CC([NH+]([O-])O)C2C13. The Hall–Kier alpha value is -0.120. The second-order valence-corrected chi connectivity index (χ2v) is 6.78. The highest BCUT2D eigenvalue weighted by atomic mass is 16.8. The lowest BCUT2D eigenvalue weighted by Crippen LogP contribution is -3.09. The van der Waals surface area contributed by atoms with Gasteiger partial charge in [-0.05, 0) is 54.8 Å². The molecule has 0 aromatic rings. The predicted molar refractivity (Wildman–Crippen MR) is 58.5 cm³/mol. The maximum atomic E-state index is 11.4. The monoisotopic (exact) mass is 223 g/mol. The molecule has 0 heterocycles. The standard InChI is InChI=1S/C13H21NO2/c1-6-4-9-7-2-3-8(7)10-5-11(14(15)16)13(9)12(6)10/h6-15H,2-5H2,1H3. The van der Waals surface area contributed by atoms with E-state index >= 15 is 0 Å². The highest BCUT2D eigenvalue weighted by Gasteiger charge is 2.66. The lowest BCUT2D eigenvalue weighted by molar-refractivity contribution is -1.07. The molecule has 9 unspecified atom stereocenters. The van der Waals surface area contributed by atoms with Gasteiger partial charge in [-0.1, -0.05) is 6.92 Å². The first kappa shape index (κ1) is 9.86. The molecule has 0 radical (unpaired) electrons. The quantitative estimate of drug-likeness (QED) is 0.653. The zero-order valence-electron chi connectivity index (χ0n) is 9.80. The normalized spacial score (nSPS) is 63.9. The summed E-state index contributed by atoms with van der Waals surface area (Å²) in [6, 6.07) is 0.00977. The van der Waals surface area contributed by atoms with Crippen LogP contribution in [-0.2, 0) is 0 Å². The molecular weight excluding hydrogens is 202 g/mol. The summed E-state index contributed by atoms with van der Waals surface area (Å²) >= 11 is 0. The molecule has 3 heteroatoms. The fourth-order valence-electron chi connectivity index (χ4n) is 6.09. The Kier molecular flexibility index (Phi) is 1.85. The van der Waals surface area contributed by atoms with Crippen molar-refractivity contribution in [3.63, 3.8) is 0 Å². The molecule has 4 rings (SSSR count). The highest BCUT2D eigenvalue weighted by molar-refractivity contribution is 5.13. The third kappa shape index (κ3) is 0.964. The average molecular weight is 223 g/mol. The number of quaternary nitrogens is 1. The van der Waals surface area contributed by atoms with E-state index in [1.54, 1.807) is 0 Å². The van der Waals surface area contributed by atoms with Crippen LogP contribution in [-0.4, -0.2) is 11.2 Å². The summed E-state index contributed by atoms with van der Waals surface area (Å²) in [7, 11) is 0. The van der Waals surface area contributed by atoms with Gasteiger partial charge in [0.1, 0.15) is 6.04 Å². The summed E-state index contributed by atoms with van der Waals surface area (Å²) in [5.41, 5.74) is 0. The smallest absolute Gasteiger partial charge is 0.120 e. The van der Waals surface area contributed by atoms with Crippen molar-refractivity contribution in [2.24, 2.45) is 41.4 Å². The molecule has 0 spiro atoms. The van der Waals surface area contributed by atoms with Gasteiger partial charge in [0.15, 0.2) is 0 Å². The van der Waals surface area contributed by atoms with E-state index < -0.39 is 5.23 Å². The van der Waals surface area contributed by atoms with Crippen LogP contribution in [0.1, 0.15) is 32.6 Å². The van der Waals surface area contributed by atoms with Crippen LogP contribution < -0.4 is 5.23 Å². The lowest BCUT2D eigenvalue weighted by atomic mass is 9.55. The van der Waals surface area contributed by atoms with Crippen molar-refractivity contribution < 1.29 is 10.4 Å². The average Bonchev–Trinajstić information content (AvgIpc) is 2.62. The van der Waals surface area contributed by atoms with E-state index in [1.807, 2.05) is 0 Å². The van der Waals surface area contributed by atoms with Crippen LogP contribution >= 0.6 is 0 Å². The molecule has 0 aromatic heterocycles. The molecule has 0 saturated heterocycles. The van der Waals surface area contributed by atoms with Gasteiger partial charge in [-0.15, -0.1) is 0 Å². The second-order valence-electron chi connectivity index (χ2n) is 6.78. The van der Waals surface area contributed by atoms with Crippen LogP contribution in [0.15, 0.2) is 0 Å². The number of rotatable bonds is 1. The van der Waals surface area contributed by atoms with Gasteiger partial charge in [-0.3, -0.25) is 0 Å². The van der Waals surface area contributed by atoms with Crippen LogP contribution in [0.5, 0.6) is 0 Å². The van der Waals surface area contributed by atoms with Crippen LogP contribution in [0, 0.1) is 46.6 Å². The van der Waals surface area contributed by atoms with Crippen molar-refractivity contribution in [3.05, 3.63) is 5.21 Å². The Morgan fingerprint density at radius 3 is 2.19 bits per heavy atom. The molecule has 0 amide bonds. The van der Waals surface area contributed by atoms with Crippen LogP contribution in [0.2, 0.25) is 0 Å². The summed E-state index contributed by atoms with van der Waals surface area (Å²) in [5, 5.41) is 20.3. The topological polar surface area (TPSA) is 47.7 Å². The number of nitrogens with one attached hydrogen (secondary N) is 1. The highest BCUT2D eigenvalue weighted by Crippen LogP contribution is 2.68. The zero-order chi connectivity index (χ0) is 11.0. The summed E-state index contributed by atoms with van der Waals surface area (Å²) in [5.74, 6) is 5.51. The minimum atomic E-state index is -0.502. The minimum Gasteiger partial charge on any atom is -0.600 e. The largest absolute Gasteiger partial charge is 0.600 e. The fraction of sp³-hybridized carbons (Fsp3) is 1.00. The number of hydrogen-bond donors (Lipinski definition) is 2. The third-order valence-corrected chi connectivity index (χ3v) is 6.53. The van der Waals surface area contributed by atoms with E-state index in [0.29, 0.717) is 5.92 Å². The van der Waals surface area contributed by atoms with Gasteiger partial charge >= 0.3 is 0 Å². The Bertz CT molecular complexity index is 311. The van der Waals surface area contributed by atoms with Gasteiger partial charge in [0, 0.05) is 12.3 Å². The van der Waals surface area contributed by atoms with Crippen LogP contribution in [0.3, 0.4) is 0 Å².